The Morgan fingerprint density at radius 2 is 1.69 bits per heavy atom. The topological polar surface area (TPSA) is 56.9 Å². The lowest BCUT2D eigenvalue weighted by atomic mass is 10.1. The highest BCUT2D eigenvalue weighted by Gasteiger charge is 2.21. The number of hydrogen-bond donors (Lipinski definition) is 0. The fourth-order valence-corrected chi connectivity index (χ4v) is 3.24. The molecule has 4 aromatic rings. The van der Waals surface area contributed by atoms with Crippen LogP contribution in [-0.4, -0.2) is 25.8 Å². The van der Waals surface area contributed by atoms with Gasteiger partial charge in [0.2, 0.25) is 0 Å². The summed E-state index contributed by atoms with van der Waals surface area (Å²) in [7, 11) is 0. The third-order valence-electron chi connectivity index (χ3n) is 4.20. The summed E-state index contributed by atoms with van der Waals surface area (Å²) in [6, 6.07) is 18.1. The van der Waals surface area contributed by atoms with E-state index in [0.29, 0.717) is 22.3 Å². The number of alkyl halides is 1. The standard InChI is InChI=1S/C20H14ClN3O2/c21-12-18(25)16-9-4-10-17-19(16)24(15-8-5-11-22-13-15)20(26)23(17)14-6-2-1-3-7-14/h1-11,13H,12H2. The molecule has 0 atom stereocenters. The van der Waals surface area contributed by atoms with Gasteiger partial charge >= 0.3 is 5.69 Å². The Balaban J connectivity index is 2.17. The molecule has 0 aliphatic carbocycles. The number of imidazole rings is 1. The van der Waals surface area contributed by atoms with Crippen LogP contribution in [0.15, 0.2) is 77.9 Å². The number of rotatable bonds is 4. The summed E-state index contributed by atoms with van der Waals surface area (Å²) in [5.41, 5.74) is 2.62. The first-order valence-electron chi connectivity index (χ1n) is 8.04. The summed E-state index contributed by atoms with van der Waals surface area (Å²) in [6.07, 6.45) is 3.23. The smallest absolute Gasteiger partial charge is 0.293 e. The largest absolute Gasteiger partial charge is 0.338 e. The molecular formula is C20H14ClN3O2. The molecule has 0 spiro atoms. The molecule has 2 aromatic heterocycles. The van der Waals surface area contributed by atoms with Crippen LogP contribution in [0.1, 0.15) is 10.4 Å². The van der Waals surface area contributed by atoms with Crippen LogP contribution in [0, 0.1) is 0 Å². The van der Waals surface area contributed by atoms with Crippen LogP contribution >= 0.6 is 11.6 Å². The molecule has 6 heteroatoms. The molecule has 0 amide bonds. The predicted octanol–water partition coefficient (Wildman–Crippen LogP) is 3.60. The summed E-state index contributed by atoms with van der Waals surface area (Å²) in [4.78, 5) is 29.8. The molecule has 2 heterocycles. The number of halogens is 1. The van der Waals surface area contributed by atoms with Crippen molar-refractivity contribution in [2.45, 2.75) is 0 Å². The van der Waals surface area contributed by atoms with E-state index in [4.69, 9.17) is 11.6 Å². The van der Waals surface area contributed by atoms with Crippen molar-refractivity contribution in [3.05, 3.63) is 89.1 Å². The monoisotopic (exact) mass is 363 g/mol. The first-order chi connectivity index (χ1) is 12.7. The first kappa shape index (κ1) is 16.3. The number of ketones is 1. The number of carbonyl (C=O) groups is 1. The van der Waals surface area contributed by atoms with E-state index < -0.39 is 0 Å². The fraction of sp³-hybridized carbons (Fsp3) is 0.0500. The van der Waals surface area contributed by atoms with Crippen LogP contribution in [0.5, 0.6) is 0 Å². The summed E-state index contributed by atoms with van der Waals surface area (Å²) >= 11 is 5.79. The number of fused-ring (bicyclic) bond motifs is 1. The number of aromatic nitrogens is 3. The highest BCUT2D eigenvalue weighted by atomic mass is 35.5. The van der Waals surface area contributed by atoms with E-state index in [1.54, 1.807) is 41.2 Å². The van der Waals surface area contributed by atoms with Crippen LogP contribution < -0.4 is 5.69 Å². The third-order valence-corrected chi connectivity index (χ3v) is 4.44. The van der Waals surface area contributed by atoms with Crippen molar-refractivity contribution in [1.82, 2.24) is 14.1 Å². The first-order valence-corrected chi connectivity index (χ1v) is 8.57. The van der Waals surface area contributed by atoms with Gasteiger partial charge in [0.15, 0.2) is 5.78 Å². The van der Waals surface area contributed by atoms with E-state index in [-0.39, 0.29) is 17.4 Å². The molecule has 0 bridgehead atoms. The molecule has 2 aromatic carbocycles. The van der Waals surface area contributed by atoms with E-state index in [1.165, 1.54) is 4.57 Å². The molecule has 5 nitrogen and oxygen atoms in total. The van der Waals surface area contributed by atoms with Gasteiger partial charge in [0, 0.05) is 11.8 Å². The zero-order valence-corrected chi connectivity index (χ0v) is 14.4. The number of hydrogen-bond acceptors (Lipinski definition) is 3. The average Bonchev–Trinajstić information content (AvgIpc) is 3.00. The summed E-state index contributed by atoms with van der Waals surface area (Å²) < 4.78 is 3.10. The van der Waals surface area contributed by atoms with Crippen molar-refractivity contribution in [2.24, 2.45) is 0 Å². The molecule has 0 saturated heterocycles. The molecule has 26 heavy (non-hydrogen) atoms. The number of carbonyl (C=O) groups excluding carboxylic acids is 1. The van der Waals surface area contributed by atoms with E-state index in [1.807, 2.05) is 36.4 Å². The second kappa shape index (κ2) is 6.61. The molecule has 0 aliphatic heterocycles. The van der Waals surface area contributed by atoms with Crippen molar-refractivity contribution < 1.29 is 4.79 Å². The highest BCUT2D eigenvalue weighted by Crippen LogP contribution is 2.24. The van der Waals surface area contributed by atoms with Gasteiger partial charge in [-0.2, -0.15) is 0 Å². The minimum absolute atomic E-state index is 0.156. The normalized spacial score (nSPS) is 11.0. The zero-order valence-electron chi connectivity index (χ0n) is 13.7. The minimum Gasteiger partial charge on any atom is -0.293 e. The van der Waals surface area contributed by atoms with E-state index >= 15 is 0 Å². The minimum atomic E-state index is -0.269. The Labute approximate surface area is 154 Å². The van der Waals surface area contributed by atoms with Crippen LogP contribution in [0.4, 0.5) is 0 Å². The third kappa shape index (κ3) is 2.53. The molecule has 128 valence electrons. The van der Waals surface area contributed by atoms with Crippen molar-refractivity contribution in [3.63, 3.8) is 0 Å². The van der Waals surface area contributed by atoms with Crippen molar-refractivity contribution >= 4 is 28.4 Å². The van der Waals surface area contributed by atoms with Gasteiger partial charge in [-0.05, 0) is 36.4 Å². The maximum atomic E-state index is 13.3. The molecule has 0 radical (unpaired) electrons. The van der Waals surface area contributed by atoms with Gasteiger partial charge in [-0.3, -0.25) is 18.9 Å². The number of Topliss-reactive ketones (excluding diaryl/α,β-unsaturated/α-hetero) is 1. The van der Waals surface area contributed by atoms with Crippen molar-refractivity contribution in [2.75, 3.05) is 5.88 Å². The summed E-state index contributed by atoms with van der Waals surface area (Å²) in [5, 5.41) is 0. The number of benzene rings is 2. The fourth-order valence-electron chi connectivity index (χ4n) is 3.09. The Bertz CT molecular complexity index is 1150. The van der Waals surface area contributed by atoms with Gasteiger partial charge < -0.3 is 0 Å². The van der Waals surface area contributed by atoms with Crippen molar-refractivity contribution in [3.8, 4) is 11.4 Å². The Morgan fingerprint density at radius 3 is 2.38 bits per heavy atom. The predicted molar refractivity (Wildman–Crippen MR) is 102 cm³/mol. The highest BCUT2D eigenvalue weighted by molar-refractivity contribution is 6.31. The molecule has 4 rings (SSSR count). The Kier molecular flexibility index (Phi) is 4.14. The summed E-state index contributed by atoms with van der Waals surface area (Å²) in [5.74, 6) is -0.392. The molecule has 0 fully saturated rings. The zero-order chi connectivity index (χ0) is 18.1. The Morgan fingerprint density at radius 1 is 0.923 bits per heavy atom. The van der Waals surface area contributed by atoms with Crippen LogP contribution in [0.3, 0.4) is 0 Å². The Hall–Kier alpha value is -3.18. The van der Waals surface area contributed by atoms with Gasteiger partial charge in [0.25, 0.3) is 0 Å². The van der Waals surface area contributed by atoms with Crippen molar-refractivity contribution in [1.29, 1.82) is 0 Å². The van der Waals surface area contributed by atoms with E-state index in [2.05, 4.69) is 4.98 Å². The molecule has 0 unspecified atom stereocenters. The number of para-hydroxylation sites is 2. The lowest BCUT2D eigenvalue weighted by Crippen LogP contribution is -2.22. The quantitative estimate of drug-likeness (QED) is 0.411. The van der Waals surface area contributed by atoms with Gasteiger partial charge in [-0.1, -0.05) is 24.3 Å². The van der Waals surface area contributed by atoms with E-state index in [0.717, 1.165) is 5.69 Å². The molecule has 0 aliphatic rings. The SMILES string of the molecule is O=C(CCl)c1cccc2c1n(-c1cccnc1)c(=O)n2-c1ccccc1. The lowest BCUT2D eigenvalue weighted by molar-refractivity contribution is 0.102. The lowest BCUT2D eigenvalue weighted by Gasteiger charge is -2.06. The van der Waals surface area contributed by atoms with Gasteiger partial charge in [0.1, 0.15) is 0 Å². The van der Waals surface area contributed by atoms with Gasteiger partial charge in [-0.25, -0.2) is 4.79 Å². The van der Waals surface area contributed by atoms with Crippen LogP contribution in [0.2, 0.25) is 0 Å². The molecular weight excluding hydrogens is 350 g/mol. The van der Waals surface area contributed by atoms with Gasteiger partial charge in [0.05, 0.1) is 34.5 Å². The number of pyridine rings is 1. The molecule has 0 N–H and O–H groups in total. The maximum absolute atomic E-state index is 13.3. The maximum Gasteiger partial charge on any atom is 0.338 e. The summed E-state index contributed by atoms with van der Waals surface area (Å²) in [6.45, 7) is 0. The van der Waals surface area contributed by atoms with Gasteiger partial charge in [-0.15, -0.1) is 11.6 Å². The van der Waals surface area contributed by atoms with Crippen LogP contribution in [-0.2, 0) is 0 Å². The van der Waals surface area contributed by atoms with E-state index in [9.17, 15) is 9.59 Å². The molecule has 0 saturated carbocycles. The van der Waals surface area contributed by atoms with Crippen LogP contribution in [0.25, 0.3) is 22.4 Å². The second-order valence-corrected chi connectivity index (χ2v) is 6.00. The number of nitrogens with zero attached hydrogens (tertiary/aromatic N) is 3. The second-order valence-electron chi connectivity index (χ2n) is 5.73. The average molecular weight is 364 g/mol.